The van der Waals surface area contributed by atoms with Crippen LogP contribution in [0.3, 0.4) is 0 Å². The van der Waals surface area contributed by atoms with Crippen LogP contribution >= 0.6 is 0 Å². The second-order valence-corrected chi connectivity index (χ2v) is 5.47. The Labute approximate surface area is 123 Å². The van der Waals surface area contributed by atoms with E-state index in [1.165, 1.54) is 0 Å². The maximum atomic E-state index is 12.3. The maximum absolute atomic E-state index is 12.3. The molecular formula is C16H18N2O3. The van der Waals surface area contributed by atoms with Crippen LogP contribution in [0.2, 0.25) is 0 Å². The molecule has 2 aromatic rings. The van der Waals surface area contributed by atoms with Crippen LogP contribution in [0.25, 0.3) is 0 Å². The molecule has 1 amide bonds. The molecule has 1 N–H and O–H groups in total. The van der Waals surface area contributed by atoms with E-state index in [1.807, 2.05) is 0 Å². The van der Waals surface area contributed by atoms with Gasteiger partial charge in [0.15, 0.2) is 0 Å². The first-order valence-electron chi connectivity index (χ1n) is 7.10. The van der Waals surface area contributed by atoms with Crippen molar-refractivity contribution in [2.24, 2.45) is 5.92 Å². The number of nitrogens with one attached hydrogen (secondary N) is 1. The van der Waals surface area contributed by atoms with E-state index in [0.29, 0.717) is 23.1 Å². The molecule has 1 aliphatic carbocycles. The van der Waals surface area contributed by atoms with Gasteiger partial charge in [-0.25, -0.2) is 0 Å². The van der Waals surface area contributed by atoms with Crippen LogP contribution in [0.5, 0.6) is 5.75 Å². The number of ether oxygens (including phenoxy) is 1. The number of anilines is 1. The summed E-state index contributed by atoms with van der Waals surface area (Å²) < 4.78 is 10.4. The highest BCUT2D eigenvalue weighted by Gasteiger charge is 2.24. The van der Waals surface area contributed by atoms with Gasteiger partial charge in [0.25, 0.3) is 5.91 Å². The third-order valence-corrected chi connectivity index (χ3v) is 3.86. The van der Waals surface area contributed by atoms with Crippen molar-refractivity contribution >= 4 is 11.8 Å². The Balaban J connectivity index is 1.80. The van der Waals surface area contributed by atoms with E-state index in [-0.39, 0.29) is 5.91 Å². The van der Waals surface area contributed by atoms with Crippen molar-refractivity contribution in [3.63, 3.8) is 0 Å². The molecule has 1 heterocycles. The van der Waals surface area contributed by atoms with Gasteiger partial charge in [-0.3, -0.25) is 10.1 Å². The fourth-order valence-corrected chi connectivity index (χ4v) is 2.62. The van der Waals surface area contributed by atoms with Crippen LogP contribution in [0.4, 0.5) is 5.88 Å². The van der Waals surface area contributed by atoms with Gasteiger partial charge in [-0.05, 0) is 43.4 Å². The summed E-state index contributed by atoms with van der Waals surface area (Å²) >= 11 is 0. The molecule has 1 aromatic heterocycles. The minimum absolute atomic E-state index is 0.217. The zero-order chi connectivity index (χ0) is 14.8. The van der Waals surface area contributed by atoms with Gasteiger partial charge in [-0.2, -0.15) is 0 Å². The van der Waals surface area contributed by atoms with Crippen molar-refractivity contribution in [3.05, 3.63) is 41.1 Å². The smallest absolute Gasteiger partial charge is 0.258 e. The number of carbonyl (C=O) groups is 1. The van der Waals surface area contributed by atoms with Crippen LogP contribution in [-0.2, 0) is 12.8 Å². The van der Waals surface area contributed by atoms with Gasteiger partial charge in [-0.15, -0.1) is 0 Å². The molecule has 3 rings (SSSR count). The van der Waals surface area contributed by atoms with Crippen molar-refractivity contribution < 1.29 is 14.1 Å². The first-order chi connectivity index (χ1) is 10.2. The van der Waals surface area contributed by atoms with Crippen LogP contribution in [-0.4, -0.2) is 18.2 Å². The minimum Gasteiger partial charge on any atom is -0.497 e. The summed E-state index contributed by atoms with van der Waals surface area (Å²) in [5.74, 6) is 1.50. The largest absolute Gasteiger partial charge is 0.497 e. The molecule has 1 atom stereocenters. The highest BCUT2D eigenvalue weighted by atomic mass is 16.5. The normalized spacial score (nSPS) is 17.1. The zero-order valence-electron chi connectivity index (χ0n) is 12.2. The van der Waals surface area contributed by atoms with E-state index in [1.54, 1.807) is 31.4 Å². The van der Waals surface area contributed by atoms with E-state index >= 15 is 0 Å². The van der Waals surface area contributed by atoms with Crippen molar-refractivity contribution in [2.45, 2.75) is 26.2 Å². The number of aryl methyl sites for hydroxylation is 1. The molecule has 1 aliphatic rings. The molecule has 0 unspecified atom stereocenters. The second-order valence-electron chi connectivity index (χ2n) is 5.47. The number of benzene rings is 1. The van der Waals surface area contributed by atoms with E-state index in [9.17, 15) is 4.79 Å². The summed E-state index contributed by atoms with van der Waals surface area (Å²) in [4.78, 5) is 12.3. The number of methoxy groups -OCH3 is 1. The number of rotatable bonds is 3. The van der Waals surface area contributed by atoms with Crippen molar-refractivity contribution in [1.82, 2.24) is 5.16 Å². The molecule has 1 aromatic carbocycles. The fourth-order valence-electron chi connectivity index (χ4n) is 2.62. The fraction of sp³-hybridized carbons (Fsp3) is 0.375. The van der Waals surface area contributed by atoms with Gasteiger partial charge < -0.3 is 9.26 Å². The van der Waals surface area contributed by atoms with Crippen LogP contribution in [0.1, 0.15) is 35.0 Å². The molecule has 21 heavy (non-hydrogen) atoms. The summed E-state index contributed by atoms with van der Waals surface area (Å²) in [6.45, 7) is 2.20. The number of carbonyl (C=O) groups excluding carboxylic acids is 1. The Hall–Kier alpha value is -2.30. The van der Waals surface area contributed by atoms with Crippen molar-refractivity contribution in [3.8, 4) is 5.75 Å². The highest BCUT2D eigenvalue weighted by molar-refractivity contribution is 6.04. The summed E-state index contributed by atoms with van der Waals surface area (Å²) in [6.07, 6.45) is 2.92. The molecule has 0 fully saturated rings. The van der Waals surface area contributed by atoms with Crippen molar-refractivity contribution in [2.75, 3.05) is 12.4 Å². The topological polar surface area (TPSA) is 64.4 Å². The lowest BCUT2D eigenvalue weighted by molar-refractivity contribution is 0.102. The summed E-state index contributed by atoms with van der Waals surface area (Å²) in [5.41, 5.74) is 2.53. The van der Waals surface area contributed by atoms with Crippen LogP contribution < -0.4 is 10.1 Å². The standard InChI is InChI=1S/C16H18N2O3/c1-10-6-7-14-13(8-10)16(21-18-14)17-15(19)11-4-3-5-12(9-11)20-2/h3-5,9-10H,6-8H2,1-2H3,(H,17,19)/t10-/m0/s1. The third kappa shape index (κ3) is 2.77. The first kappa shape index (κ1) is 13.7. The predicted molar refractivity (Wildman–Crippen MR) is 78.6 cm³/mol. The predicted octanol–water partition coefficient (Wildman–Crippen LogP) is 3.06. The SMILES string of the molecule is COc1cccc(C(=O)Nc2onc3c2C[C@@H](C)CC3)c1. The lowest BCUT2D eigenvalue weighted by Gasteiger charge is -2.16. The number of hydrogen-bond donors (Lipinski definition) is 1. The molecule has 5 heteroatoms. The van der Waals surface area contributed by atoms with E-state index in [4.69, 9.17) is 9.26 Å². The highest BCUT2D eigenvalue weighted by Crippen LogP contribution is 2.30. The van der Waals surface area contributed by atoms with Crippen molar-refractivity contribution in [1.29, 1.82) is 0 Å². The monoisotopic (exact) mass is 286 g/mol. The first-order valence-corrected chi connectivity index (χ1v) is 7.10. The summed E-state index contributed by atoms with van der Waals surface area (Å²) in [7, 11) is 1.57. The third-order valence-electron chi connectivity index (χ3n) is 3.86. The lowest BCUT2D eigenvalue weighted by Crippen LogP contribution is -2.15. The summed E-state index contributed by atoms with van der Waals surface area (Å²) in [5, 5.41) is 6.87. The zero-order valence-corrected chi connectivity index (χ0v) is 12.2. The average molecular weight is 286 g/mol. The molecule has 0 bridgehead atoms. The Bertz CT molecular complexity index is 663. The Morgan fingerprint density at radius 3 is 3.14 bits per heavy atom. The number of amides is 1. The average Bonchev–Trinajstić information content (AvgIpc) is 2.89. The minimum atomic E-state index is -0.217. The quantitative estimate of drug-likeness (QED) is 0.941. The molecule has 0 saturated carbocycles. The van der Waals surface area contributed by atoms with E-state index < -0.39 is 0 Å². The number of nitrogens with zero attached hydrogens (tertiary/aromatic N) is 1. The van der Waals surface area contributed by atoms with Gasteiger partial charge in [0, 0.05) is 11.1 Å². The van der Waals surface area contributed by atoms with Gasteiger partial charge in [0.05, 0.1) is 12.8 Å². The molecule has 0 spiro atoms. The number of aromatic nitrogens is 1. The lowest BCUT2D eigenvalue weighted by atomic mass is 9.89. The van der Waals surface area contributed by atoms with E-state index in [2.05, 4.69) is 17.4 Å². The van der Waals surface area contributed by atoms with Crippen LogP contribution in [0.15, 0.2) is 28.8 Å². The Morgan fingerprint density at radius 2 is 2.33 bits per heavy atom. The van der Waals surface area contributed by atoms with Gasteiger partial charge in [0.1, 0.15) is 5.75 Å². The Morgan fingerprint density at radius 1 is 1.48 bits per heavy atom. The molecule has 0 radical (unpaired) electrons. The number of fused-ring (bicyclic) bond motifs is 1. The molecule has 110 valence electrons. The van der Waals surface area contributed by atoms with Gasteiger partial charge in [0.2, 0.25) is 5.88 Å². The molecule has 0 saturated heterocycles. The second kappa shape index (κ2) is 5.60. The number of hydrogen-bond acceptors (Lipinski definition) is 4. The molecular weight excluding hydrogens is 268 g/mol. The van der Waals surface area contributed by atoms with Gasteiger partial charge in [-0.1, -0.05) is 18.1 Å². The van der Waals surface area contributed by atoms with Gasteiger partial charge >= 0.3 is 0 Å². The van der Waals surface area contributed by atoms with Crippen LogP contribution in [0, 0.1) is 5.92 Å². The molecule has 5 nitrogen and oxygen atoms in total. The summed E-state index contributed by atoms with van der Waals surface area (Å²) in [6, 6.07) is 7.02. The van der Waals surface area contributed by atoms with E-state index in [0.717, 1.165) is 30.5 Å². The Kier molecular flexibility index (Phi) is 3.64. The maximum Gasteiger partial charge on any atom is 0.258 e. The molecule has 0 aliphatic heterocycles.